The van der Waals surface area contributed by atoms with E-state index in [0.29, 0.717) is 11.1 Å². The fourth-order valence-electron chi connectivity index (χ4n) is 0.798. The molecule has 0 atom stereocenters. The maximum Gasteiger partial charge on any atom is 0.0926 e. The molecule has 1 aliphatic rings. The predicted molar refractivity (Wildman–Crippen MR) is 40.5 cm³/mol. The third-order valence-electron chi connectivity index (χ3n) is 1.51. The van der Waals surface area contributed by atoms with Crippen molar-refractivity contribution in [3.05, 3.63) is 0 Å². The number of rotatable bonds is 1. The number of likely N-dealkylation sites (tertiary alicyclic amines) is 1. The van der Waals surface area contributed by atoms with Crippen LogP contribution in [0.2, 0.25) is 0 Å². The lowest BCUT2D eigenvalue weighted by molar-refractivity contribution is 0.308. The summed E-state index contributed by atoms with van der Waals surface area (Å²) in [7, 11) is 0. The van der Waals surface area contributed by atoms with Crippen LogP contribution < -0.4 is 5.14 Å². The number of nitrogens with one attached hydrogen (secondary N) is 1. The second-order valence-corrected chi connectivity index (χ2v) is 3.19. The van der Waals surface area contributed by atoms with Crippen LogP contribution in [-0.4, -0.2) is 29.1 Å². The van der Waals surface area contributed by atoms with Crippen LogP contribution in [-0.2, 0) is 0 Å². The van der Waals surface area contributed by atoms with Crippen molar-refractivity contribution >= 4 is 17.8 Å². The molecule has 0 spiro atoms. The zero-order valence-electron chi connectivity index (χ0n) is 5.42. The van der Waals surface area contributed by atoms with Gasteiger partial charge in [0, 0.05) is 13.1 Å². The van der Waals surface area contributed by atoms with E-state index in [0.717, 1.165) is 13.1 Å². The monoisotopic (exact) mass is 145 g/mol. The second kappa shape index (κ2) is 2.58. The Labute approximate surface area is 59.2 Å². The van der Waals surface area contributed by atoms with E-state index in [1.165, 1.54) is 11.9 Å². The van der Waals surface area contributed by atoms with E-state index in [1.54, 1.807) is 6.92 Å². The van der Waals surface area contributed by atoms with Crippen molar-refractivity contribution in [2.75, 3.05) is 13.1 Å². The van der Waals surface area contributed by atoms with E-state index in [1.807, 2.05) is 4.90 Å². The molecule has 0 aliphatic carbocycles. The van der Waals surface area contributed by atoms with Crippen molar-refractivity contribution in [3.63, 3.8) is 0 Å². The summed E-state index contributed by atoms with van der Waals surface area (Å²) in [5.74, 6) is 0.653. The van der Waals surface area contributed by atoms with Gasteiger partial charge in [-0.05, 0) is 6.92 Å². The molecule has 4 heteroatoms. The van der Waals surface area contributed by atoms with Crippen molar-refractivity contribution in [1.29, 1.82) is 5.41 Å². The second-order valence-electron chi connectivity index (χ2n) is 2.25. The van der Waals surface area contributed by atoms with Crippen molar-refractivity contribution in [1.82, 2.24) is 4.90 Å². The summed E-state index contributed by atoms with van der Waals surface area (Å²) in [5.41, 5.74) is 0. The first-order valence-electron chi connectivity index (χ1n) is 2.89. The standard InChI is InChI=1S/C5H11N3S/c1-4(6)8-2-5(3-8)9-7/h5-6H,2-3,7H2,1H3. The smallest absolute Gasteiger partial charge is 0.0926 e. The molecule has 9 heavy (non-hydrogen) atoms. The van der Waals surface area contributed by atoms with Gasteiger partial charge in [-0.3, -0.25) is 10.5 Å². The molecule has 0 radical (unpaired) electrons. The number of hydrogen-bond donors (Lipinski definition) is 2. The highest BCUT2D eigenvalue weighted by Crippen LogP contribution is 2.16. The molecular weight excluding hydrogens is 134 g/mol. The number of hydrogen-bond acceptors (Lipinski definition) is 3. The Morgan fingerprint density at radius 3 is 2.67 bits per heavy atom. The fourth-order valence-corrected chi connectivity index (χ4v) is 1.33. The third kappa shape index (κ3) is 1.37. The summed E-state index contributed by atoms with van der Waals surface area (Å²) in [6, 6.07) is 0. The molecule has 52 valence electrons. The van der Waals surface area contributed by atoms with Crippen molar-refractivity contribution < 1.29 is 0 Å². The molecule has 0 bridgehead atoms. The van der Waals surface area contributed by atoms with E-state index in [2.05, 4.69) is 0 Å². The normalized spacial score (nSPS) is 19.6. The lowest BCUT2D eigenvalue weighted by atomic mass is 10.2. The Bertz CT molecular complexity index is 119. The van der Waals surface area contributed by atoms with Crippen molar-refractivity contribution in [2.45, 2.75) is 12.2 Å². The molecule has 1 rings (SSSR count). The molecule has 0 aromatic carbocycles. The van der Waals surface area contributed by atoms with Gasteiger partial charge in [0.1, 0.15) is 0 Å². The Morgan fingerprint density at radius 1 is 1.78 bits per heavy atom. The molecule has 1 saturated heterocycles. The topological polar surface area (TPSA) is 53.1 Å². The Kier molecular flexibility index (Phi) is 1.97. The van der Waals surface area contributed by atoms with E-state index >= 15 is 0 Å². The largest absolute Gasteiger partial charge is 0.358 e. The van der Waals surface area contributed by atoms with E-state index in [4.69, 9.17) is 10.5 Å². The van der Waals surface area contributed by atoms with E-state index < -0.39 is 0 Å². The van der Waals surface area contributed by atoms with Gasteiger partial charge in [-0.2, -0.15) is 0 Å². The minimum Gasteiger partial charge on any atom is -0.358 e. The Balaban J connectivity index is 2.19. The highest BCUT2D eigenvalue weighted by molar-refractivity contribution is 7.97. The Hall–Kier alpha value is -0.220. The SMILES string of the molecule is CC(=N)N1CC(SN)C1. The van der Waals surface area contributed by atoms with Gasteiger partial charge in [0.25, 0.3) is 0 Å². The van der Waals surface area contributed by atoms with Crippen LogP contribution in [0.4, 0.5) is 0 Å². The molecule has 3 nitrogen and oxygen atoms in total. The van der Waals surface area contributed by atoms with Gasteiger partial charge < -0.3 is 4.90 Å². The molecular formula is C5H11N3S. The summed E-state index contributed by atoms with van der Waals surface area (Å²) in [5, 5.41) is 13.1. The van der Waals surface area contributed by atoms with Crippen LogP contribution in [0.15, 0.2) is 0 Å². The lowest BCUT2D eigenvalue weighted by Gasteiger charge is -2.38. The zero-order valence-corrected chi connectivity index (χ0v) is 6.24. The highest BCUT2D eigenvalue weighted by Gasteiger charge is 2.25. The van der Waals surface area contributed by atoms with Crippen LogP contribution >= 0.6 is 11.9 Å². The molecule has 3 N–H and O–H groups in total. The van der Waals surface area contributed by atoms with Crippen molar-refractivity contribution in [3.8, 4) is 0 Å². The minimum atomic E-state index is 0.560. The Morgan fingerprint density at radius 2 is 2.33 bits per heavy atom. The molecule has 0 aromatic heterocycles. The van der Waals surface area contributed by atoms with Crippen LogP contribution in [0.25, 0.3) is 0 Å². The zero-order chi connectivity index (χ0) is 6.85. The minimum absolute atomic E-state index is 0.560. The van der Waals surface area contributed by atoms with E-state index in [-0.39, 0.29) is 0 Å². The molecule has 0 saturated carbocycles. The highest BCUT2D eigenvalue weighted by atomic mass is 32.2. The maximum absolute atomic E-state index is 7.19. The molecule has 1 aliphatic heterocycles. The van der Waals surface area contributed by atoms with Gasteiger partial charge in [0.05, 0.1) is 11.1 Å². The van der Waals surface area contributed by atoms with Crippen LogP contribution in [0, 0.1) is 5.41 Å². The number of nitrogens with two attached hydrogens (primary N) is 1. The first-order valence-corrected chi connectivity index (χ1v) is 3.84. The van der Waals surface area contributed by atoms with Gasteiger partial charge in [-0.15, -0.1) is 0 Å². The average molecular weight is 145 g/mol. The summed E-state index contributed by atoms with van der Waals surface area (Å²) in [6.07, 6.45) is 0. The summed E-state index contributed by atoms with van der Waals surface area (Å²) < 4.78 is 0. The first kappa shape index (κ1) is 6.89. The average Bonchev–Trinajstić information content (AvgIpc) is 1.61. The van der Waals surface area contributed by atoms with Gasteiger partial charge in [0.15, 0.2) is 0 Å². The van der Waals surface area contributed by atoms with Crippen LogP contribution in [0.1, 0.15) is 6.92 Å². The molecule has 1 heterocycles. The molecule has 0 unspecified atom stereocenters. The van der Waals surface area contributed by atoms with E-state index in [9.17, 15) is 0 Å². The molecule has 0 amide bonds. The quantitative estimate of drug-likeness (QED) is 0.316. The lowest BCUT2D eigenvalue weighted by Crippen LogP contribution is -2.51. The summed E-state index contributed by atoms with van der Waals surface area (Å²) in [6.45, 7) is 3.71. The predicted octanol–water partition coefficient (Wildman–Crippen LogP) is 0.275. The van der Waals surface area contributed by atoms with Crippen molar-refractivity contribution in [2.24, 2.45) is 5.14 Å². The van der Waals surface area contributed by atoms with Crippen LogP contribution in [0.5, 0.6) is 0 Å². The summed E-state index contributed by atoms with van der Waals surface area (Å²) in [4.78, 5) is 2.00. The van der Waals surface area contributed by atoms with Gasteiger partial charge in [0.2, 0.25) is 0 Å². The fraction of sp³-hybridized carbons (Fsp3) is 0.800. The number of amidine groups is 1. The van der Waals surface area contributed by atoms with Gasteiger partial charge in [-0.1, -0.05) is 11.9 Å². The molecule has 0 aromatic rings. The van der Waals surface area contributed by atoms with Crippen LogP contribution in [0.3, 0.4) is 0 Å². The molecule has 1 fully saturated rings. The number of nitrogens with zero attached hydrogens (tertiary/aromatic N) is 1. The third-order valence-corrected chi connectivity index (χ3v) is 2.20. The summed E-state index contributed by atoms with van der Waals surface area (Å²) >= 11 is 1.39. The van der Waals surface area contributed by atoms with Gasteiger partial charge in [-0.25, -0.2) is 0 Å². The van der Waals surface area contributed by atoms with Gasteiger partial charge >= 0.3 is 0 Å². The first-order chi connectivity index (χ1) is 4.24. The maximum atomic E-state index is 7.19.